The number of nitro benzene ring substituents is 1. The number of carbonyl (C=O) groups excluding carboxylic acids is 1. The molecular formula is C25H29F3N4O4. The number of non-ortho nitro benzene ring substituents is 1. The number of piperazine rings is 1. The summed E-state index contributed by atoms with van der Waals surface area (Å²) >= 11 is 0. The highest BCUT2D eigenvalue weighted by Gasteiger charge is 2.36. The molecule has 1 saturated heterocycles. The first-order valence-electron chi connectivity index (χ1n) is 12.0. The summed E-state index contributed by atoms with van der Waals surface area (Å²) in [7, 11) is 0. The quantitative estimate of drug-likeness (QED) is 0.433. The molecule has 0 unspecified atom stereocenters. The molecule has 2 aromatic carbocycles. The van der Waals surface area contributed by atoms with E-state index in [4.69, 9.17) is 4.74 Å². The van der Waals surface area contributed by atoms with Gasteiger partial charge in [-0.15, -0.1) is 0 Å². The molecule has 1 aliphatic carbocycles. The minimum atomic E-state index is -4.71. The Morgan fingerprint density at radius 2 is 1.69 bits per heavy atom. The largest absolute Gasteiger partial charge is 0.418 e. The van der Waals surface area contributed by atoms with E-state index in [1.165, 1.54) is 0 Å². The van der Waals surface area contributed by atoms with Crippen LogP contribution in [0.1, 0.15) is 31.2 Å². The number of alkyl halides is 3. The molecule has 1 aliphatic heterocycles. The van der Waals surface area contributed by atoms with Gasteiger partial charge in [0.15, 0.2) is 0 Å². The van der Waals surface area contributed by atoms with Crippen LogP contribution in [0.15, 0.2) is 48.5 Å². The molecule has 8 nitrogen and oxygen atoms in total. The third kappa shape index (κ3) is 6.45. The summed E-state index contributed by atoms with van der Waals surface area (Å²) in [5.41, 5.74) is -0.672. The fraction of sp³-hybridized carbons (Fsp3) is 0.480. The maximum absolute atomic E-state index is 13.4. The van der Waals surface area contributed by atoms with Gasteiger partial charge in [0.1, 0.15) is 6.61 Å². The molecule has 0 spiro atoms. The van der Waals surface area contributed by atoms with Crippen molar-refractivity contribution in [2.24, 2.45) is 0 Å². The first kappa shape index (κ1) is 25.7. The summed E-state index contributed by atoms with van der Waals surface area (Å²) in [5.74, 6) is -0.0522. The Kier molecular flexibility index (Phi) is 7.97. The topological polar surface area (TPSA) is 87.9 Å². The van der Waals surface area contributed by atoms with E-state index in [-0.39, 0.29) is 30.3 Å². The van der Waals surface area contributed by atoms with Crippen molar-refractivity contribution in [1.82, 2.24) is 4.90 Å². The van der Waals surface area contributed by atoms with Crippen molar-refractivity contribution in [3.05, 3.63) is 64.2 Å². The van der Waals surface area contributed by atoms with Gasteiger partial charge in [-0.3, -0.25) is 14.9 Å². The second-order valence-electron chi connectivity index (χ2n) is 9.12. The number of nitrogens with one attached hydrogen (secondary N) is 1. The predicted molar refractivity (Wildman–Crippen MR) is 129 cm³/mol. The molecule has 36 heavy (non-hydrogen) atoms. The number of nitro groups is 1. The predicted octanol–water partition coefficient (Wildman–Crippen LogP) is 4.70. The molecule has 1 heterocycles. The van der Waals surface area contributed by atoms with E-state index in [1.54, 1.807) is 4.90 Å². The number of para-hydroxylation sites is 1. The number of halogens is 3. The molecule has 1 saturated carbocycles. The Balaban J connectivity index is 1.21. The zero-order valence-electron chi connectivity index (χ0n) is 19.7. The highest BCUT2D eigenvalue weighted by molar-refractivity contribution is 5.77. The van der Waals surface area contributed by atoms with E-state index in [0.29, 0.717) is 44.8 Å². The number of amides is 1. The normalized spacial score (nSPS) is 20.8. The van der Waals surface area contributed by atoms with Gasteiger partial charge < -0.3 is 19.9 Å². The molecule has 194 valence electrons. The fourth-order valence-corrected chi connectivity index (χ4v) is 4.73. The minimum absolute atomic E-state index is 0.00528. The Morgan fingerprint density at radius 3 is 2.31 bits per heavy atom. The average Bonchev–Trinajstić information content (AvgIpc) is 2.88. The van der Waals surface area contributed by atoms with Crippen molar-refractivity contribution in [1.29, 1.82) is 0 Å². The van der Waals surface area contributed by atoms with Gasteiger partial charge in [0, 0.05) is 55.7 Å². The molecule has 11 heteroatoms. The van der Waals surface area contributed by atoms with Crippen LogP contribution in [-0.2, 0) is 15.7 Å². The van der Waals surface area contributed by atoms with Crippen molar-refractivity contribution in [3.63, 3.8) is 0 Å². The second kappa shape index (κ2) is 11.2. The van der Waals surface area contributed by atoms with Crippen LogP contribution in [0.3, 0.4) is 0 Å². The first-order chi connectivity index (χ1) is 17.2. The molecule has 1 amide bonds. The standard InChI is InChI=1S/C25H29F3N4O4/c26-25(27,28)22-16-20(32(34)35)8-11-23(22)29-18-6-9-21(10-7-18)36-17-24(33)31-14-12-30(13-15-31)19-4-2-1-3-5-19/h1-5,8,11,16,18,21,29H,6-7,9-10,12-15,17H2. The third-order valence-corrected chi connectivity index (χ3v) is 6.75. The Bertz CT molecular complexity index is 1050. The van der Waals surface area contributed by atoms with Crippen molar-refractivity contribution in [3.8, 4) is 0 Å². The van der Waals surface area contributed by atoms with E-state index < -0.39 is 22.4 Å². The summed E-state index contributed by atoms with van der Waals surface area (Å²) < 4.78 is 46.1. The van der Waals surface area contributed by atoms with Gasteiger partial charge in [-0.2, -0.15) is 13.2 Å². The maximum atomic E-state index is 13.4. The molecule has 0 aromatic heterocycles. The van der Waals surface area contributed by atoms with Crippen LogP contribution < -0.4 is 10.2 Å². The van der Waals surface area contributed by atoms with E-state index in [1.807, 2.05) is 18.2 Å². The smallest absolute Gasteiger partial charge is 0.382 e. The lowest BCUT2D eigenvalue weighted by Crippen LogP contribution is -2.50. The van der Waals surface area contributed by atoms with Gasteiger partial charge in [0.05, 0.1) is 16.6 Å². The maximum Gasteiger partial charge on any atom is 0.418 e. The van der Waals surface area contributed by atoms with Gasteiger partial charge in [-0.1, -0.05) is 18.2 Å². The molecule has 2 fully saturated rings. The van der Waals surface area contributed by atoms with Crippen LogP contribution in [-0.4, -0.2) is 60.7 Å². The summed E-state index contributed by atoms with van der Waals surface area (Å²) in [6.07, 6.45) is -2.47. The summed E-state index contributed by atoms with van der Waals surface area (Å²) in [6, 6.07) is 12.6. The molecule has 2 aromatic rings. The number of rotatable bonds is 7. The van der Waals surface area contributed by atoms with Crippen LogP contribution in [0.2, 0.25) is 0 Å². The lowest BCUT2D eigenvalue weighted by atomic mass is 9.92. The average molecular weight is 507 g/mol. The monoisotopic (exact) mass is 506 g/mol. The highest BCUT2D eigenvalue weighted by Crippen LogP contribution is 2.38. The first-order valence-corrected chi connectivity index (χ1v) is 12.0. The zero-order chi connectivity index (χ0) is 25.7. The fourth-order valence-electron chi connectivity index (χ4n) is 4.73. The molecular weight excluding hydrogens is 477 g/mol. The van der Waals surface area contributed by atoms with Crippen LogP contribution in [0.4, 0.5) is 30.2 Å². The van der Waals surface area contributed by atoms with E-state index in [2.05, 4.69) is 22.3 Å². The van der Waals surface area contributed by atoms with Crippen molar-refractivity contribution in [2.45, 2.75) is 44.0 Å². The molecule has 1 N–H and O–H groups in total. The molecule has 2 aliphatic rings. The molecule has 4 rings (SSSR count). The Hall–Kier alpha value is -3.34. The van der Waals surface area contributed by atoms with Crippen molar-refractivity contribution in [2.75, 3.05) is 43.0 Å². The summed E-state index contributed by atoms with van der Waals surface area (Å²) in [5, 5.41) is 13.8. The lowest BCUT2D eigenvalue weighted by Gasteiger charge is -2.36. The van der Waals surface area contributed by atoms with Crippen LogP contribution >= 0.6 is 0 Å². The van der Waals surface area contributed by atoms with E-state index >= 15 is 0 Å². The zero-order valence-corrected chi connectivity index (χ0v) is 19.7. The summed E-state index contributed by atoms with van der Waals surface area (Å²) in [6.45, 7) is 2.77. The third-order valence-electron chi connectivity index (χ3n) is 6.75. The summed E-state index contributed by atoms with van der Waals surface area (Å²) in [4.78, 5) is 26.7. The Labute approximate surface area is 207 Å². The van der Waals surface area contributed by atoms with Gasteiger partial charge in [-0.05, 0) is 43.9 Å². The number of anilines is 2. The van der Waals surface area contributed by atoms with Gasteiger partial charge >= 0.3 is 6.18 Å². The van der Waals surface area contributed by atoms with Crippen LogP contribution in [0.25, 0.3) is 0 Å². The van der Waals surface area contributed by atoms with Gasteiger partial charge in [-0.25, -0.2) is 0 Å². The number of hydrogen-bond acceptors (Lipinski definition) is 6. The number of benzene rings is 2. The van der Waals surface area contributed by atoms with Crippen LogP contribution in [0.5, 0.6) is 0 Å². The van der Waals surface area contributed by atoms with E-state index in [0.717, 1.165) is 30.9 Å². The van der Waals surface area contributed by atoms with Gasteiger partial charge in [0.25, 0.3) is 5.69 Å². The van der Waals surface area contributed by atoms with Gasteiger partial charge in [0.2, 0.25) is 5.91 Å². The molecule has 0 atom stereocenters. The number of ether oxygens (including phenoxy) is 1. The Morgan fingerprint density at radius 1 is 1.03 bits per heavy atom. The number of carbonyl (C=O) groups is 1. The van der Waals surface area contributed by atoms with Crippen LogP contribution in [0, 0.1) is 10.1 Å². The minimum Gasteiger partial charge on any atom is -0.382 e. The van der Waals surface area contributed by atoms with Crippen molar-refractivity contribution >= 4 is 23.0 Å². The highest BCUT2D eigenvalue weighted by atomic mass is 19.4. The number of hydrogen-bond donors (Lipinski definition) is 1. The molecule has 0 radical (unpaired) electrons. The van der Waals surface area contributed by atoms with Crippen molar-refractivity contribution < 1.29 is 27.6 Å². The second-order valence-corrected chi connectivity index (χ2v) is 9.12. The lowest BCUT2D eigenvalue weighted by molar-refractivity contribution is -0.385. The number of nitrogens with zero attached hydrogens (tertiary/aromatic N) is 3. The molecule has 0 bridgehead atoms. The SMILES string of the molecule is O=C(COC1CCC(Nc2ccc([N+](=O)[O-])cc2C(F)(F)F)CC1)N1CCN(c2ccccc2)CC1. The van der Waals surface area contributed by atoms with E-state index in [9.17, 15) is 28.1 Å².